The van der Waals surface area contributed by atoms with Crippen molar-refractivity contribution in [2.75, 3.05) is 0 Å². The Hall–Kier alpha value is -1.44. The molecule has 1 aromatic carbocycles. The van der Waals surface area contributed by atoms with Crippen molar-refractivity contribution in [2.45, 2.75) is 13.8 Å². The van der Waals surface area contributed by atoms with Gasteiger partial charge in [-0.1, -0.05) is 6.58 Å². The molecule has 2 heteroatoms. The molecule has 64 valence electrons. The van der Waals surface area contributed by atoms with E-state index in [-0.39, 0.29) is 0 Å². The highest BCUT2D eigenvalue weighted by Crippen LogP contribution is 2.23. The van der Waals surface area contributed by atoms with Crippen LogP contribution in [-0.2, 0) is 0 Å². The summed E-state index contributed by atoms with van der Waals surface area (Å²) in [5.74, 6) is 0.303. The van der Waals surface area contributed by atoms with Crippen LogP contribution in [0.15, 0.2) is 18.7 Å². The molecule has 0 amide bonds. The topological polar surface area (TPSA) is 46.2 Å². The Morgan fingerprint density at radius 3 is 2.42 bits per heavy atom. The van der Waals surface area contributed by atoms with E-state index >= 15 is 0 Å². The van der Waals surface area contributed by atoms with Gasteiger partial charge in [-0.2, -0.15) is 0 Å². The fourth-order valence-corrected chi connectivity index (χ4v) is 1.15. The normalized spacial score (nSPS) is 9.83. The van der Waals surface area contributed by atoms with Crippen molar-refractivity contribution in [1.29, 1.82) is 0 Å². The van der Waals surface area contributed by atoms with Crippen molar-refractivity contribution in [2.24, 2.45) is 5.73 Å². The molecule has 0 saturated heterocycles. The van der Waals surface area contributed by atoms with Gasteiger partial charge in [0, 0.05) is 11.3 Å². The van der Waals surface area contributed by atoms with Crippen LogP contribution in [0.1, 0.15) is 16.7 Å². The van der Waals surface area contributed by atoms with Gasteiger partial charge in [-0.3, -0.25) is 0 Å². The Balaban J connectivity index is 3.33. The second kappa shape index (κ2) is 2.89. The van der Waals surface area contributed by atoms with Gasteiger partial charge in [0.2, 0.25) is 0 Å². The molecule has 0 saturated carbocycles. The number of nitrogens with two attached hydrogens (primary N) is 1. The lowest BCUT2D eigenvalue weighted by Crippen LogP contribution is -1.97. The van der Waals surface area contributed by atoms with Gasteiger partial charge in [0.1, 0.15) is 5.75 Å². The quantitative estimate of drug-likeness (QED) is 0.664. The Morgan fingerprint density at radius 1 is 1.33 bits per heavy atom. The lowest BCUT2D eigenvalue weighted by molar-refractivity contribution is 0.470. The average molecular weight is 163 g/mol. The molecule has 0 fully saturated rings. The van der Waals surface area contributed by atoms with Crippen LogP contribution in [0, 0.1) is 13.8 Å². The summed E-state index contributed by atoms with van der Waals surface area (Å²) in [5, 5.41) is 9.34. The Labute approximate surface area is 72.3 Å². The molecule has 0 aromatic heterocycles. The number of hydrogen-bond donors (Lipinski definition) is 2. The Kier molecular flexibility index (Phi) is 2.09. The number of phenolic OH excluding ortho intramolecular Hbond substituents is 1. The van der Waals surface area contributed by atoms with Gasteiger partial charge in [-0.15, -0.1) is 0 Å². The summed E-state index contributed by atoms with van der Waals surface area (Å²) in [6.45, 7) is 7.38. The van der Waals surface area contributed by atoms with E-state index in [2.05, 4.69) is 6.58 Å². The minimum atomic E-state index is 0.303. The predicted molar refractivity (Wildman–Crippen MR) is 50.8 cm³/mol. The smallest absolute Gasteiger partial charge is 0.118 e. The molecule has 1 rings (SSSR count). The fourth-order valence-electron chi connectivity index (χ4n) is 1.15. The molecular weight excluding hydrogens is 150 g/mol. The van der Waals surface area contributed by atoms with Gasteiger partial charge in [0.25, 0.3) is 0 Å². The van der Waals surface area contributed by atoms with Crippen molar-refractivity contribution in [1.82, 2.24) is 0 Å². The zero-order valence-corrected chi connectivity index (χ0v) is 7.39. The SMILES string of the molecule is C=C(N)c1cc(C)c(O)cc1C. The van der Waals surface area contributed by atoms with Crippen LogP contribution < -0.4 is 5.73 Å². The fraction of sp³-hybridized carbons (Fsp3) is 0.200. The van der Waals surface area contributed by atoms with Gasteiger partial charge < -0.3 is 10.8 Å². The standard InChI is InChI=1S/C10H13NO/c1-6-5-10(12)7(2)4-9(6)8(3)11/h4-5,12H,3,11H2,1-2H3. The molecule has 0 aliphatic heterocycles. The molecule has 0 heterocycles. The van der Waals surface area contributed by atoms with Crippen molar-refractivity contribution in [3.05, 3.63) is 35.4 Å². The molecule has 0 aliphatic rings. The van der Waals surface area contributed by atoms with Crippen molar-refractivity contribution in [3.8, 4) is 5.75 Å². The van der Waals surface area contributed by atoms with E-state index in [4.69, 9.17) is 5.73 Å². The van der Waals surface area contributed by atoms with Crippen LogP contribution in [0.4, 0.5) is 0 Å². The van der Waals surface area contributed by atoms with E-state index in [1.807, 2.05) is 19.9 Å². The molecule has 12 heavy (non-hydrogen) atoms. The van der Waals surface area contributed by atoms with E-state index < -0.39 is 0 Å². The molecule has 0 unspecified atom stereocenters. The number of aryl methyl sites for hydroxylation is 2. The molecule has 3 N–H and O–H groups in total. The first-order valence-electron chi connectivity index (χ1n) is 3.77. The van der Waals surface area contributed by atoms with Crippen LogP contribution in [0.2, 0.25) is 0 Å². The van der Waals surface area contributed by atoms with Gasteiger partial charge in [0.15, 0.2) is 0 Å². The van der Waals surface area contributed by atoms with E-state index in [0.717, 1.165) is 16.7 Å². The lowest BCUT2D eigenvalue weighted by Gasteiger charge is -2.07. The summed E-state index contributed by atoms with van der Waals surface area (Å²) in [7, 11) is 0. The summed E-state index contributed by atoms with van der Waals surface area (Å²) < 4.78 is 0. The molecule has 0 aliphatic carbocycles. The number of benzene rings is 1. The highest BCUT2D eigenvalue weighted by Gasteiger charge is 2.03. The first-order valence-corrected chi connectivity index (χ1v) is 3.77. The van der Waals surface area contributed by atoms with Crippen LogP contribution in [0.25, 0.3) is 5.70 Å². The molecule has 0 atom stereocenters. The maximum absolute atomic E-state index is 9.34. The van der Waals surface area contributed by atoms with E-state index in [1.165, 1.54) is 0 Å². The third-order valence-corrected chi connectivity index (χ3v) is 1.89. The summed E-state index contributed by atoms with van der Waals surface area (Å²) in [4.78, 5) is 0. The molecular formula is C10H13NO. The van der Waals surface area contributed by atoms with Gasteiger partial charge >= 0.3 is 0 Å². The molecule has 0 bridgehead atoms. The Bertz CT molecular complexity index is 329. The number of rotatable bonds is 1. The van der Waals surface area contributed by atoms with Crippen LogP contribution in [-0.4, -0.2) is 5.11 Å². The monoisotopic (exact) mass is 163 g/mol. The first kappa shape index (κ1) is 8.65. The molecule has 2 nitrogen and oxygen atoms in total. The van der Waals surface area contributed by atoms with E-state index in [1.54, 1.807) is 6.07 Å². The van der Waals surface area contributed by atoms with Gasteiger partial charge in [-0.05, 0) is 37.1 Å². The second-order valence-electron chi connectivity index (χ2n) is 2.98. The van der Waals surface area contributed by atoms with Gasteiger partial charge in [0.05, 0.1) is 0 Å². The van der Waals surface area contributed by atoms with Crippen LogP contribution in [0.3, 0.4) is 0 Å². The van der Waals surface area contributed by atoms with Gasteiger partial charge in [-0.25, -0.2) is 0 Å². The van der Waals surface area contributed by atoms with Crippen molar-refractivity contribution in [3.63, 3.8) is 0 Å². The zero-order valence-electron chi connectivity index (χ0n) is 7.39. The summed E-state index contributed by atoms with van der Waals surface area (Å²) in [6, 6.07) is 3.54. The summed E-state index contributed by atoms with van der Waals surface area (Å²) in [5.41, 5.74) is 8.77. The lowest BCUT2D eigenvalue weighted by atomic mass is 10.0. The van der Waals surface area contributed by atoms with Crippen molar-refractivity contribution < 1.29 is 5.11 Å². The number of aromatic hydroxyl groups is 1. The van der Waals surface area contributed by atoms with Crippen LogP contribution in [0.5, 0.6) is 5.75 Å². The third-order valence-electron chi connectivity index (χ3n) is 1.89. The number of hydrogen-bond acceptors (Lipinski definition) is 2. The molecule has 0 radical (unpaired) electrons. The average Bonchev–Trinajstić information content (AvgIpc) is 1.96. The minimum absolute atomic E-state index is 0.303. The minimum Gasteiger partial charge on any atom is -0.508 e. The first-order chi connectivity index (χ1) is 5.52. The summed E-state index contributed by atoms with van der Waals surface area (Å²) >= 11 is 0. The second-order valence-corrected chi connectivity index (χ2v) is 2.98. The predicted octanol–water partition coefficient (Wildman–Crippen LogP) is 1.94. The highest BCUT2D eigenvalue weighted by atomic mass is 16.3. The maximum Gasteiger partial charge on any atom is 0.118 e. The van der Waals surface area contributed by atoms with E-state index in [9.17, 15) is 5.11 Å². The third kappa shape index (κ3) is 1.42. The van der Waals surface area contributed by atoms with E-state index in [0.29, 0.717) is 11.4 Å². The zero-order chi connectivity index (χ0) is 9.30. The number of phenols is 1. The molecule has 1 aromatic rings. The van der Waals surface area contributed by atoms with Crippen molar-refractivity contribution >= 4 is 5.70 Å². The summed E-state index contributed by atoms with van der Waals surface area (Å²) in [6.07, 6.45) is 0. The highest BCUT2D eigenvalue weighted by molar-refractivity contribution is 5.65. The Morgan fingerprint density at radius 2 is 1.92 bits per heavy atom. The largest absolute Gasteiger partial charge is 0.508 e. The van der Waals surface area contributed by atoms with Crippen LogP contribution >= 0.6 is 0 Å². The maximum atomic E-state index is 9.34. The molecule has 0 spiro atoms.